The molecule has 1 aliphatic carbocycles. The number of piperidine rings is 1. The van der Waals surface area contributed by atoms with Gasteiger partial charge in [0.25, 0.3) is 5.91 Å². The van der Waals surface area contributed by atoms with Crippen LogP contribution in [0.4, 0.5) is 26.3 Å². The fourth-order valence-corrected chi connectivity index (χ4v) is 7.26. The third kappa shape index (κ3) is 4.60. The second-order valence-corrected chi connectivity index (χ2v) is 12.6. The smallest absolute Gasteiger partial charge is 0.486 e. The molecule has 3 fully saturated rings. The predicted molar refractivity (Wildman–Crippen MR) is 142 cm³/mol. The van der Waals surface area contributed by atoms with E-state index in [9.17, 15) is 40.7 Å². The third-order valence-corrected chi connectivity index (χ3v) is 9.50. The van der Waals surface area contributed by atoms with Crippen molar-refractivity contribution < 1.29 is 50.2 Å². The molecule has 3 aromatic rings. The molecule has 1 N–H and O–H groups in total. The number of aromatic nitrogens is 2. The minimum absolute atomic E-state index is 0.0391. The molecular formula is C28H24F6N4O5S. The number of amides is 2. The van der Waals surface area contributed by atoms with Gasteiger partial charge >= 0.3 is 18.3 Å². The first-order chi connectivity index (χ1) is 20.5. The number of nitrogens with zero attached hydrogens (tertiary/aromatic N) is 3. The maximum absolute atomic E-state index is 13.8. The number of alkyl halides is 6. The van der Waals surface area contributed by atoms with Crippen LogP contribution >= 0.6 is 11.3 Å². The Morgan fingerprint density at radius 1 is 1.16 bits per heavy atom. The summed E-state index contributed by atoms with van der Waals surface area (Å²) in [4.78, 5) is 47.4. The summed E-state index contributed by atoms with van der Waals surface area (Å²) in [6, 6.07) is 3.96. The largest absolute Gasteiger partial charge is 0.490 e. The van der Waals surface area contributed by atoms with Crippen molar-refractivity contribution in [2.24, 2.45) is 11.3 Å². The molecule has 0 aromatic carbocycles. The fourth-order valence-electron chi connectivity index (χ4n) is 6.13. The lowest BCUT2D eigenvalue weighted by atomic mass is 10.0. The summed E-state index contributed by atoms with van der Waals surface area (Å²) in [7, 11) is 0. The molecule has 0 radical (unpaired) electrons. The van der Waals surface area contributed by atoms with E-state index in [-0.39, 0.29) is 29.7 Å². The average molecular weight is 643 g/mol. The first kappa shape index (κ1) is 30.2. The van der Waals surface area contributed by atoms with Gasteiger partial charge in [-0.25, -0.2) is 9.78 Å². The molecule has 2 amide bonds. The topological polar surface area (TPSA) is 111 Å². The molecule has 0 bridgehead atoms. The first-order valence-electron chi connectivity index (χ1n) is 13.5. The van der Waals surface area contributed by atoms with Crippen molar-refractivity contribution in [1.29, 1.82) is 0 Å². The molecule has 2 aliphatic heterocycles. The highest BCUT2D eigenvalue weighted by Gasteiger charge is 2.88. The SMILES string of the molecule is Cc1nc(C(F)(F)F)cc(-c2ccnc3cc(CN4C(=O)C5C(C)(C)C5(OC(=O)C(F)(F)F)C4=O)sc23)c1O[C@H]1CCNC1. The molecule has 3 aromatic heterocycles. The van der Waals surface area contributed by atoms with Crippen LogP contribution in [-0.2, 0) is 31.8 Å². The Morgan fingerprint density at radius 2 is 1.89 bits per heavy atom. The van der Waals surface area contributed by atoms with Crippen molar-refractivity contribution >= 4 is 39.3 Å². The number of esters is 1. The summed E-state index contributed by atoms with van der Waals surface area (Å²) in [6.07, 6.45) is -8.35. The van der Waals surface area contributed by atoms with E-state index in [2.05, 4.69) is 20.0 Å². The maximum atomic E-state index is 13.8. The van der Waals surface area contributed by atoms with Crippen LogP contribution in [0.25, 0.3) is 21.3 Å². The zero-order valence-corrected chi connectivity index (χ0v) is 24.2. The zero-order valence-electron chi connectivity index (χ0n) is 23.4. The molecule has 0 spiro atoms. The summed E-state index contributed by atoms with van der Waals surface area (Å²) < 4.78 is 91.6. The van der Waals surface area contributed by atoms with E-state index < -0.39 is 52.8 Å². The van der Waals surface area contributed by atoms with Crippen LogP contribution < -0.4 is 10.1 Å². The molecule has 3 atom stereocenters. The first-order valence-corrected chi connectivity index (χ1v) is 14.3. The van der Waals surface area contributed by atoms with E-state index in [1.165, 1.54) is 39.1 Å². The molecule has 9 nitrogen and oxygen atoms in total. The van der Waals surface area contributed by atoms with Gasteiger partial charge in [0.05, 0.1) is 28.4 Å². The number of fused-ring (bicyclic) bond motifs is 2. The van der Waals surface area contributed by atoms with Crippen molar-refractivity contribution in [3.05, 3.63) is 40.7 Å². The average Bonchev–Trinajstić information content (AvgIpc) is 3.42. The molecule has 6 rings (SSSR count). The highest BCUT2D eigenvalue weighted by Crippen LogP contribution is 2.69. The second-order valence-electron chi connectivity index (χ2n) is 11.5. The van der Waals surface area contributed by atoms with Gasteiger partial charge in [-0.15, -0.1) is 11.3 Å². The van der Waals surface area contributed by atoms with Crippen molar-refractivity contribution in [3.63, 3.8) is 0 Å². The standard InChI is InChI=1S/C28H24F6N4O5S/c1-12-19(42-13-4-6-35-10-13)16(9-18(37-12)27(29,30)31)15-5-7-36-17-8-14(44-20(15)17)11-38-22(39)21-25(2,3)26(21,23(38)40)43-24(41)28(32,33)34/h5,7-9,13,21,35H,4,6,10-11H2,1-3H3/t13-,21?,26?/m0/s1. The number of imide groups is 1. The van der Waals surface area contributed by atoms with Crippen LogP contribution in [-0.4, -0.2) is 63.6 Å². The highest BCUT2D eigenvalue weighted by molar-refractivity contribution is 7.19. The number of aryl methyl sites for hydroxylation is 1. The minimum atomic E-state index is -5.36. The Bertz CT molecular complexity index is 1710. The van der Waals surface area contributed by atoms with Crippen LogP contribution in [0.1, 0.15) is 36.5 Å². The summed E-state index contributed by atoms with van der Waals surface area (Å²) in [5.41, 5.74) is -3.86. The van der Waals surface area contributed by atoms with Gasteiger partial charge in [-0.2, -0.15) is 26.3 Å². The van der Waals surface area contributed by atoms with Crippen molar-refractivity contribution in [1.82, 2.24) is 20.2 Å². The van der Waals surface area contributed by atoms with Gasteiger partial charge in [-0.1, -0.05) is 13.8 Å². The van der Waals surface area contributed by atoms with Gasteiger partial charge in [0.15, 0.2) is 0 Å². The van der Waals surface area contributed by atoms with Gasteiger partial charge in [0, 0.05) is 34.2 Å². The summed E-state index contributed by atoms with van der Waals surface area (Å²) >= 11 is 1.05. The Labute approximate surface area is 249 Å². The number of halogens is 6. The molecular weight excluding hydrogens is 618 g/mol. The van der Waals surface area contributed by atoms with Crippen molar-refractivity contribution in [2.75, 3.05) is 13.1 Å². The third-order valence-electron chi connectivity index (χ3n) is 8.36. The Hall–Kier alpha value is -3.79. The number of thiophene rings is 1. The second kappa shape index (κ2) is 9.86. The maximum Gasteiger partial charge on any atom is 0.490 e. The van der Waals surface area contributed by atoms with Gasteiger partial charge < -0.3 is 14.8 Å². The Kier molecular flexibility index (Phi) is 6.78. The molecule has 1 saturated carbocycles. The van der Waals surface area contributed by atoms with Gasteiger partial charge in [-0.3, -0.25) is 19.5 Å². The van der Waals surface area contributed by atoms with Crippen molar-refractivity contribution in [3.8, 4) is 16.9 Å². The molecule has 3 aliphatic rings. The van der Waals surface area contributed by atoms with Gasteiger partial charge in [-0.05, 0) is 38.1 Å². The lowest BCUT2D eigenvalue weighted by Crippen LogP contribution is -2.45. The van der Waals surface area contributed by atoms with Gasteiger partial charge in [0.1, 0.15) is 17.5 Å². The number of rotatable bonds is 6. The lowest BCUT2D eigenvalue weighted by Gasteiger charge is -2.24. The Balaban J connectivity index is 1.36. The van der Waals surface area contributed by atoms with Gasteiger partial charge in [0.2, 0.25) is 11.5 Å². The summed E-state index contributed by atoms with van der Waals surface area (Å²) in [5.74, 6) is -5.54. The number of pyridine rings is 2. The Morgan fingerprint density at radius 3 is 2.52 bits per heavy atom. The van der Waals surface area contributed by atoms with Crippen molar-refractivity contribution in [2.45, 2.75) is 57.8 Å². The van der Waals surface area contributed by atoms with Crippen LogP contribution in [0.5, 0.6) is 5.75 Å². The number of likely N-dealkylation sites (tertiary alicyclic amines) is 1. The number of carbonyl (C=O) groups is 3. The molecule has 234 valence electrons. The number of nitrogens with one attached hydrogen (secondary N) is 1. The molecule has 2 saturated heterocycles. The normalized spacial score (nSPS) is 24.6. The van der Waals surface area contributed by atoms with E-state index in [0.29, 0.717) is 40.2 Å². The van der Waals surface area contributed by atoms with E-state index in [4.69, 9.17) is 4.74 Å². The highest BCUT2D eigenvalue weighted by atomic mass is 32.1. The molecule has 2 unspecified atom stereocenters. The van der Waals surface area contributed by atoms with E-state index in [1.807, 2.05) is 0 Å². The number of hydrogen-bond donors (Lipinski definition) is 1. The van der Waals surface area contributed by atoms with E-state index >= 15 is 0 Å². The lowest BCUT2D eigenvalue weighted by molar-refractivity contribution is -0.209. The van der Waals surface area contributed by atoms with Crippen LogP contribution in [0.3, 0.4) is 0 Å². The van der Waals surface area contributed by atoms with Crippen LogP contribution in [0, 0.1) is 18.3 Å². The number of ether oxygens (including phenoxy) is 2. The summed E-state index contributed by atoms with van der Waals surface area (Å²) in [5, 5.41) is 3.14. The van der Waals surface area contributed by atoms with E-state index in [0.717, 1.165) is 22.3 Å². The monoisotopic (exact) mass is 642 g/mol. The predicted octanol–water partition coefficient (Wildman–Crippen LogP) is 4.80. The fraction of sp³-hybridized carbons (Fsp3) is 0.464. The summed E-state index contributed by atoms with van der Waals surface area (Å²) in [6.45, 7) is 4.99. The van der Waals surface area contributed by atoms with Crippen LogP contribution in [0.15, 0.2) is 24.4 Å². The number of hydrogen-bond acceptors (Lipinski definition) is 9. The van der Waals surface area contributed by atoms with E-state index in [1.54, 1.807) is 0 Å². The molecule has 5 heterocycles. The molecule has 44 heavy (non-hydrogen) atoms. The minimum Gasteiger partial charge on any atom is -0.486 e. The molecule has 16 heteroatoms. The zero-order chi connectivity index (χ0) is 32.0. The number of carbonyl (C=O) groups excluding carboxylic acids is 3. The quantitative estimate of drug-likeness (QED) is 0.232. The van der Waals surface area contributed by atoms with Crippen LogP contribution in [0.2, 0.25) is 0 Å².